The molecule has 0 atom stereocenters. The van der Waals surface area contributed by atoms with Crippen LogP contribution in [0.25, 0.3) is 10.7 Å². The van der Waals surface area contributed by atoms with E-state index in [-0.39, 0.29) is 5.91 Å². The van der Waals surface area contributed by atoms with Crippen molar-refractivity contribution in [2.24, 2.45) is 0 Å². The van der Waals surface area contributed by atoms with E-state index in [9.17, 15) is 4.79 Å². The molecular weight excluding hydrogens is 400 g/mol. The number of carbonyl (C=O) groups excluding carboxylic acids is 1. The van der Waals surface area contributed by atoms with Gasteiger partial charge in [-0.15, -0.1) is 21.5 Å². The Kier molecular flexibility index (Phi) is 6.67. The number of hydrogen-bond donors (Lipinski definition) is 0. The summed E-state index contributed by atoms with van der Waals surface area (Å²) in [6.45, 7) is 2.87. The number of rotatable bonds is 7. The smallest absolute Gasteiger partial charge is 0.237 e. The standard InChI is InChI=1S/C22H26N4OS2/c1-2-25-21(19-14-9-15-28-19)23-24-22(25)29-16-20(27)26(17-10-5-3-6-11-17)18-12-7-4-8-13-18/h3,5-6,9-11,14-15,18H,2,4,7-8,12-13,16H2,1H3. The highest BCUT2D eigenvalue weighted by Crippen LogP contribution is 2.30. The maximum absolute atomic E-state index is 13.3. The van der Waals surface area contributed by atoms with E-state index in [2.05, 4.69) is 27.8 Å². The van der Waals surface area contributed by atoms with Crippen LogP contribution in [0.5, 0.6) is 0 Å². The van der Waals surface area contributed by atoms with Gasteiger partial charge in [0.15, 0.2) is 11.0 Å². The summed E-state index contributed by atoms with van der Waals surface area (Å²) in [4.78, 5) is 16.4. The van der Waals surface area contributed by atoms with Gasteiger partial charge in [-0.05, 0) is 43.3 Å². The maximum Gasteiger partial charge on any atom is 0.237 e. The van der Waals surface area contributed by atoms with Gasteiger partial charge in [-0.1, -0.05) is 55.3 Å². The monoisotopic (exact) mass is 426 g/mol. The number of aromatic nitrogens is 3. The lowest BCUT2D eigenvalue weighted by Gasteiger charge is -2.34. The second-order valence-corrected chi connectivity index (χ2v) is 9.10. The molecule has 1 fully saturated rings. The molecule has 2 heterocycles. The van der Waals surface area contributed by atoms with Crippen molar-refractivity contribution < 1.29 is 4.79 Å². The van der Waals surface area contributed by atoms with E-state index in [1.54, 1.807) is 11.3 Å². The molecule has 0 bridgehead atoms. The minimum Gasteiger partial charge on any atom is -0.309 e. The number of thiophene rings is 1. The van der Waals surface area contributed by atoms with Crippen molar-refractivity contribution in [3.63, 3.8) is 0 Å². The molecule has 152 valence electrons. The van der Waals surface area contributed by atoms with Gasteiger partial charge in [0.25, 0.3) is 0 Å². The first-order chi connectivity index (χ1) is 14.3. The number of nitrogens with zero attached hydrogens (tertiary/aromatic N) is 4. The predicted octanol–water partition coefficient (Wildman–Crippen LogP) is 5.48. The van der Waals surface area contributed by atoms with Gasteiger partial charge < -0.3 is 9.47 Å². The summed E-state index contributed by atoms with van der Waals surface area (Å²) in [5, 5.41) is 11.6. The van der Waals surface area contributed by atoms with Crippen molar-refractivity contribution >= 4 is 34.7 Å². The van der Waals surface area contributed by atoms with E-state index < -0.39 is 0 Å². The first-order valence-corrected chi connectivity index (χ1v) is 12.1. The maximum atomic E-state index is 13.3. The minimum absolute atomic E-state index is 0.149. The molecule has 0 spiro atoms. The molecule has 4 rings (SSSR count). The highest BCUT2D eigenvalue weighted by atomic mass is 32.2. The molecule has 5 nitrogen and oxygen atoms in total. The highest BCUT2D eigenvalue weighted by molar-refractivity contribution is 7.99. The zero-order valence-corrected chi connectivity index (χ0v) is 18.3. The molecule has 1 aliphatic rings. The molecule has 0 saturated heterocycles. The van der Waals surface area contributed by atoms with Gasteiger partial charge in [0.2, 0.25) is 5.91 Å². The quantitative estimate of drug-likeness (QED) is 0.469. The summed E-state index contributed by atoms with van der Waals surface area (Å²) >= 11 is 3.14. The number of benzene rings is 1. The fourth-order valence-corrected chi connectivity index (χ4v) is 5.53. The summed E-state index contributed by atoms with van der Waals surface area (Å²) in [5.41, 5.74) is 1.00. The number of hydrogen-bond acceptors (Lipinski definition) is 5. The van der Waals surface area contributed by atoms with Crippen LogP contribution in [0.3, 0.4) is 0 Å². The van der Waals surface area contributed by atoms with Crippen LogP contribution in [0.1, 0.15) is 39.0 Å². The normalized spacial score (nSPS) is 14.8. The molecule has 0 radical (unpaired) electrons. The number of para-hydroxylation sites is 1. The van der Waals surface area contributed by atoms with E-state index in [1.165, 1.54) is 31.0 Å². The van der Waals surface area contributed by atoms with E-state index >= 15 is 0 Å². The van der Waals surface area contributed by atoms with Crippen LogP contribution in [-0.4, -0.2) is 32.5 Å². The summed E-state index contributed by atoms with van der Waals surface area (Å²) in [7, 11) is 0. The van der Waals surface area contributed by atoms with E-state index in [1.807, 2.05) is 46.7 Å². The number of thioether (sulfide) groups is 1. The van der Waals surface area contributed by atoms with Crippen molar-refractivity contribution in [3.05, 3.63) is 47.8 Å². The first kappa shape index (κ1) is 20.2. The Morgan fingerprint density at radius 1 is 1.14 bits per heavy atom. The molecule has 0 aliphatic heterocycles. The van der Waals surface area contributed by atoms with Crippen LogP contribution in [0.4, 0.5) is 5.69 Å². The Morgan fingerprint density at radius 2 is 1.93 bits per heavy atom. The van der Waals surface area contributed by atoms with Crippen molar-refractivity contribution in [3.8, 4) is 10.7 Å². The number of amides is 1. The molecule has 29 heavy (non-hydrogen) atoms. The fraction of sp³-hybridized carbons (Fsp3) is 0.409. The lowest BCUT2D eigenvalue weighted by atomic mass is 9.93. The molecule has 3 aromatic rings. The Hall–Kier alpha value is -2.12. The first-order valence-electron chi connectivity index (χ1n) is 10.2. The topological polar surface area (TPSA) is 51.0 Å². The summed E-state index contributed by atoms with van der Waals surface area (Å²) in [6, 6.07) is 14.5. The second kappa shape index (κ2) is 9.59. The zero-order valence-electron chi connectivity index (χ0n) is 16.7. The SMILES string of the molecule is CCn1c(SCC(=O)N(c2ccccc2)C2CCCCC2)nnc1-c1cccs1. The van der Waals surface area contributed by atoms with Crippen LogP contribution in [0.2, 0.25) is 0 Å². The van der Waals surface area contributed by atoms with Gasteiger partial charge in [0, 0.05) is 18.3 Å². The van der Waals surface area contributed by atoms with Gasteiger partial charge in [0.05, 0.1) is 10.6 Å². The second-order valence-electron chi connectivity index (χ2n) is 7.21. The lowest BCUT2D eigenvalue weighted by Crippen LogP contribution is -2.42. The van der Waals surface area contributed by atoms with Crippen LogP contribution >= 0.6 is 23.1 Å². The van der Waals surface area contributed by atoms with E-state index in [4.69, 9.17) is 0 Å². The van der Waals surface area contributed by atoms with Crippen LogP contribution in [0, 0.1) is 0 Å². The Bertz CT molecular complexity index is 918. The van der Waals surface area contributed by atoms with Crippen molar-refractivity contribution in [1.29, 1.82) is 0 Å². The summed E-state index contributed by atoms with van der Waals surface area (Å²) in [6.07, 6.45) is 5.83. The molecule has 0 unspecified atom stereocenters. The van der Waals surface area contributed by atoms with Crippen LogP contribution in [-0.2, 0) is 11.3 Å². The molecule has 2 aromatic heterocycles. The van der Waals surface area contributed by atoms with Crippen molar-refractivity contribution in [2.75, 3.05) is 10.7 Å². The van der Waals surface area contributed by atoms with E-state index in [0.717, 1.165) is 40.9 Å². The van der Waals surface area contributed by atoms with Crippen molar-refractivity contribution in [2.45, 2.75) is 56.8 Å². The number of anilines is 1. The molecule has 1 aliphatic carbocycles. The highest BCUT2D eigenvalue weighted by Gasteiger charge is 2.27. The minimum atomic E-state index is 0.149. The van der Waals surface area contributed by atoms with Gasteiger partial charge in [-0.2, -0.15) is 0 Å². The molecular formula is C22H26N4OS2. The van der Waals surface area contributed by atoms with Gasteiger partial charge in [0.1, 0.15) is 0 Å². The summed E-state index contributed by atoms with van der Waals surface area (Å²) in [5.74, 6) is 1.40. The molecule has 7 heteroatoms. The van der Waals surface area contributed by atoms with Crippen molar-refractivity contribution in [1.82, 2.24) is 14.8 Å². The lowest BCUT2D eigenvalue weighted by molar-refractivity contribution is -0.116. The summed E-state index contributed by atoms with van der Waals surface area (Å²) < 4.78 is 2.09. The molecule has 1 saturated carbocycles. The van der Waals surface area contributed by atoms with E-state index in [0.29, 0.717) is 11.8 Å². The largest absolute Gasteiger partial charge is 0.309 e. The van der Waals surface area contributed by atoms with Gasteiger partial charge in [-0.25, -0.2) is 0 Å². The fourth-order valence-electron chi connectivity index (χ4n) is 3.95. The zero-order chi connectivity index (χ0) is 20.1. The van der Waals surface area contributed by atoms with Gasteiger partial charge >= 0.3 is 0 Å². The third kappa shape index (κ3) is 4.56. The van der Waals surface area contributed by atoms with Crippen LogP contribution in [0.15, 0.2) is 53.0 Å². The molecule has 1 aromatic carbocycles. The molecule has 1 amide bonds. The van der Waals surface area contributed by atoms with Gasteiger partial charge in [-0.3, -0.25) is 4.79 Å². The molecule has 0 N–H and O–H groups in total. The Balaban J connectivity index is 1.51. The Morgan fingerprint density at radius 3 is 2.62 bits per heavy atom. The average molecular weight is 427 g/mol. The Labute approximate surface area is 180 Å². The number of carbonyl (C=O) groups is 1. The van der Waals surface area contributed by atoms with Crippen LogP contribution < -0.4 is 4.90 Å². The third-order valence-electron chi connectivity index (χ3n) is 5.34. The average Bonchev–Trinajstić information content (AvgIpc) is 3.43. The predicted molar refractivity (Wildman–Crippen MR) is 121 cm³/mol. The third-order valence-corrected chi connectivity index (χ3v) is 7.16.